The number of benzene rings is 2. The van der Waals surface area contributed by atoms with Crippen LogP contribution in [0.15, 0.2) is 48.5 Å². The summed E-state index contributed by atoms with van der Waals surface area (Å²) in [5.41, 5.74) is 1.54. The zero-order chi connectivity index (χ0) is 17.1. The third-order valence-corrected chi connectivity index (χ3v) is 3.87. The first-order valence-corrected chi connectivity index (χ1v) is 7.40. The minimum atomic E-state index is -0.629. The predicted molar refractivity (Wildman–Crippen MR) is 88.8 cm³/mol. The molecule has 0 aromatic heterocycles. The van der Waals surface area contributed by atoms with E-state index >= 15 is 0 Å². The first-order valence-electron chi connectivity index (χ1n) is 7.40. The van der Waals surface area contributed by atoms with Gasteiger partial charge in [-0.05, 0) is 23.8 Å². The molecule has 0 saturated carbocycles. The van der Waals surface area contributed by atoms with Crippen molar-refractivity contribution in [1.82, 2.24) is 0 Å². The maximum absolute atomic E-state index is 12.4. The second kappa shape index (κ2) is 6.54. The Morgan fingerprint density at radius 2 is 2.00 bits per heavy atom. The summed E-state index contributed by atoms with van der Waals surface area (Å²) in [4.78, 5) is 23.9. The van der Waals surface area contributed by atoms with Gasteiger partial charge in [0.1, 0.15) is 18.1 Å². The van der Waals surface area contributed by atoms with Crippen molar-refractivity contribution in [2.45, 2.75) is 5.92 Å². The summed E-state index contributed by atoms with van der Waals surface area (Å²) in [7, 11) is 1.53. The highest BCUT2D eigenvalue weighted by atomic mass is 16.5. The van der Waals surface area contributed by atoms with Crippen molar-refractivity contribution in [3.63, 3.8) is 0 Å². The molecule has 1 amide bonds. The van der Waals surface area contributed by atoms with Crippen LogP contribution in [0.2, 0.25) is 0 Å². The summed E-state index contributed by atoms with van der Waals surface area (Å²) in [5.74, 6) is -0.841. The largest absolute Gasteiger partial charge is 0.497 e. The zero-order valence-electron chi connectivity index (χ0n) is 13.0. The molecule has 2 aromatic carbocycles. The number of carbonyl (C=O) groups is 2. The maximum Gasteiger partial charge on any atom is 0.352 e. The standard InChI is InChI=1S/C18H16N2O4/c1-23-12-7-8-13(14-10-24-18(22)16(14)19)15(9-12)20-17(21)11-5-3-2-4-6-11/h2-9,14,19H,10H2,1H3,(H,20,21)/t14-/m0/s1. The Morgan fingerprint density at radius 1 is 1.25 bits per heavy atom. The Kier molecular flexibility index (Phi) is 4.29. The number of methoxy groups -OCH3 is 1. The lowest BCUT2D eigenvalue weighted by atomic mass is 9.94. The van der Waals surface area contributed by atoms with Gasteiger partial charge in [0.05, 0.1) is 13.0 Å². The molecule has 1 aliphatic rings. The fraction of sp³-hybridized carbons (Fsp3) is 0.167. The van der Waals surface area contributed by atoms with Crippen LogP contribution >= 0.6 is 0 Å². The van der Waals surface area contributed by atoms with Crippen molar-refractivity contribution in [1.29, 1.82) is 5.41 Å². The second-order valence-electron chi connectivity index (χ2n) is 5.34. The fourth-order valence-electron chi connectivity index (χ4n) is 2.57. The zero-order valence-corrected chi connectivity index (χ0v) is 13.0. The van der Waals surface area contributed by atoms with E-state index in [2.05, 4.69) is 5.32 Å². The lowest BCUT2D eigenvalue weighted by Gasteiger charge is -2.16. The molecule has 0 aliphatic carbocycles. The number of anilines is 1. The molecule has 2 N–H and O–H groups in total. The van der Waals surface area contributed by atoms with Crippen molar-refractivity contribution in [3.8, 4) is 5.75 Å². The lowest BCUT2D eigenvalue weighted by Crippen LogP contribution is -2.17. The number of nitrogens with one attached hydrogen (secondary N) is 2. The van der Waals surface area contributed by atoms with Crippen molar-refractivity contribution >= 4 is 23.3 Å². The van der Waals surface area contributed by atoms with Gasteiger partial charge in [-0.15, -0.1) is 0 Å². The van der Waals surface area contributed by atoms with Gasteiger partial charge in [0.2, 0.25) is 0 Å². The first-order chi connectivity index (χ1) is 11.6. The molecule has 1 heterocycles. The van der Waals surface area contributed by atoms with Crippen molar-refractivity contribution in [3.05, 3.63) is 59.7 Å². The summed E-state index contributed by atoms with van der Waals surface area (Å²) in [5, 5.41) is 10.7. The van der Waals surface area contributed by atoms with Gasteiger partial charge in [0.15, 0.2) is 0 Å². The fourth-order valence-corrected chi connectivity index (χ4v) is 2.57. The van der Waals surface area contributed by atoms with E-state index in [9.17, 15) is 9.59 Å². The van der Waals surface area contributed by atoms with Crippen LogP contribution in [0.5, 0.6) is 5.75 Å². The smallest absolute Gasteiger partial charge is 0.352 e. The van der Waals surface area contributed by atoms with Crippen molar-refractivity contribution < 1.29 is 19.1 Å². The normalized spacial score (nSPS) is 16.6. The molecule has 6 nitrogen and oxygen atoms in total. The second-order valence-corrected chi connectivity index (χ2v) is 5.34. The quantitative estimate of drug-likeness (QED) is 0.846. The van der Waals surface area contributed by atoms with Crippen molar-refractivity contribution in [2.24, 2.45) is 0 Å². The number of rotatable bonds is 4. The molecule has 24 heavy (non-hydrogen) atoms. The van der Waals surface area contributed by atoms with Gasteiger partial charge in [-0.3, -0.25) is 10.2 Å². The van der Waals surface area contributed by atoms with Crippen LogP contribution in [0.1, 0.15) is 21.8 Å². The van der Waals surface area contributed by atoms with E-state index in [4.69, 9.17) is 14.9 Å². The third kappa shape index (κ3) is 2.99. The number of hydrogen-bond acceptors (Lipinski definition) is 5. The Balaban J connectivity index is 1.94. The van der Waals surface area contributed by atoms with Gasteiger partial charge in [-0.2, -0.15) is 0 Å². The Hall–Kier alpha value is -3.15. The Labute approximate surface area is 138 Å². The van der Waals surface area contributed by atoms with Crippen LogP contribution in [-0.4, -0.2) is 31.3 Å². The van der Waals surface area contributed by atoms with E-state index in [1.165, 1.54) is 7.11 Å². The Bertz CT molecular complexity index is 802. The van der Waals surface area contributed by atoms with Crippen LogP contribution in [0.4, 0.5) is 5.69 Å². The third-order valence-electron chi connectivity index (χ3n) is 3.87. The molecule has 1 fully saturated rings. The minimum Gasteiger partial charge on any atom is -0.497 e. The van der Waals surface area contributed by atoms with Crippen LogP contribution in [0.3, 0.4) is 0 Å². The van der Waals surface area contributed by atoms with Crippen LogP contribution in [-0.2, 0) is 9.53 Å². The molecule has 1 saturated heterocycles. The van der Waals surface area contributed by atoms with Crippen LogP contribution in [0.25, 0.3) is 0 Å². The first kappa shape index (κ1) is 15.7. The molecule has 1 aliphatic heterocycles. The molecule has 3 rings (SSSR count). The number of ether oxygens (including phenoxy) is 2. The highest BCUT2D eigenvalue weighted by molar-refractivity contribution is 6.39. The van der Waals surface area contributed by atoms with Gasteiger partial charge in [-0.1, -0.05) is 24.3 Å². The number of cyclic esters (lactones) is 1. The molecule has 6 heteroatoms. The average molecular weight is 324 g/mol. The molecule has 2 aromatic rings. The van der Waals surface area contributed by atoms with Crippen LogP contribution < -0.4 is 10.1 Å². The average Bonchev–Trinajstić information content (AvgIpc) is 2.94. The van der Waals surface area contributed by atoms with Gasteiger partial charge in [0.25, 0.3) is 5.91 Å². The van der Waals surface area contributed by atoms with Gasteiger partial charge in [-0.25, -0.2) is 4.79 Å². The number of esters is 1. The molecule has 122 valence electrons. The number of hydrogen-bond donors (Lipinski definition) is 2. The van der Waals surface area contributed by atoms with Gasteiger partial charge < -0.3 is 14.8 Å². The number of amides is 1. The lowest BCUT2D eigenvalue weighted by molar-refractivity contribution is -0.132. The van der Waals surface area contributed by atoms with E-state index in [0.717, 1.165) is 0 Å². The van der Waals surface area contributed by atoms with E-state index in [0.29, 0.717) is 22.6 Å². The van der Waals surface area contributed by atoms with Crippen molar-refractivity contribution in [2.75, 3.05) is 19.0 Å². The molecule has 1 atom stereocenters. The van der Waals surface area contributed by atoms with E-state index in [1.54, 1.807) is 42.5 Å². The molecular formula is C18H16N2O4. The maximum atomic E-state index is 12.4. The molecule has 0 radical (unpaired) electrons. The summed E-state index contributed by atoms with van der Waals surface area (Å²) >= 11 is 0. The summed E-state index contributed by atoms with van der Waals surface area (Å²) in [6.07, 6.45) is 0. The van der Waals surface area contributed by atoms with E-state index in [1.807, 2.05) is 6.07 Å². The summed E-state index contributed by atoms with van der Waals surface area (Å²) < 4.78 is 10.1. The number of carbonyl (C=O) groups excluding carboxylic acids is 2. The highest BCUT2D eigenvalue weighted by Crippen LogP contribution is 2.32. The molecule has 0 spiro atoms. The molecule has 0 unspecified atom stereocenters. The summed E-state index contributed by atoms with van der Waals surface area (Å²) in [6, 6.07) is 13.9. The van der Waals surface area contributed by atoms with Crippen LogP contribution in [0, 0.1) is 5.41 Å². The minimum absolute atomic E-state index is 0.0954. The van der Waals surface area contributed by atoms with E-state index in [-0.39, 0.29) is 18.2 Å². The van der Waals surface area contributed by atoms with E-state index < -0.39 is 11.9 Å². The summed E-state index contributed by atoms with van der Waals surface area (Å²) in [6.45, 7) is 0.0954. The topological polar surface area (TPSA) is 88.5 Å². The SMILES string of the molecule is COc1ccc([C@@H]2COC(=O)C2=N)c(NC(=O)c2ccccc2)c1. The molecular weight excluding hydrogens is 308 g/mol. The molecule has 0 bridgehead atoms. The monoisotopic (exact) mass is 324 g/mol. The highest BCUT2D eigenvalue weighted by Gasteiger charge is 2.34. The van der Waals surface area contributed by atoms with Gasteiger partial charge >= 0.3 is 5.97 Å². The van der Waals surface area contributed by atoms with Gasteiger partial charge in [0, 0.05) is 17.3 Å². The Morgan fingerprint density at radius 3 is 2.62 bits per heavy atom. The predicted octanol–water partition coefficient (Wildman–Crippen LogP) is 2.61.